The summed E-state index contributed by atoms with van der Waals surface area (Å²) in [4.78, 5) is 38.0. The normalized spacial score (nSPS) is 32.1. The first-order chi connectivity index (χ1) is 16.0. The molecule has 1 unspecified atom stereocenters. The molecule has 1 heterocycles. The molecule has 2 N–H and O–H groups in total. The number of ketones is 1. The summed E-state index contributed by atoms with van der Waals surface area (Å²) in [6.45, 7) is 6.64. The second-order valence-corrected chi connectivity index (χ2v) is 9.66. The van der Waals surface area contributed by atoms with E-state index in [0.717, 1.165) is 10.6 Å². The fraction of sp³-hybridized carbons (Fsp3) is 0.500. The highest BCUT2D eigenvalue weighted by atomic mass is 16.6. The Hall–Kier alpha value is -2.81. The van der Waals surface area contributed by atoms with Crippen molar-refractivity contribution in [1.29, 1.82) is 0 Å². The molecule has 1 aliphatic heterocycles. The molecule has 0 bridgehead atoms. The lowest BCUT2D eigenvalue weighted by atomic mass is 9.79. The number of hydroxylamine groups is 2. The highest BCUT2D eigenvalue weighted by Crippen LogP contribution is 2.38. The second kappa shape index (κ2) is 10.6. The number of esters is 2. The summed E-state index contributed by atoms with van der Waals surface area (Å²) >= 11 is 0. The fourth-order valence-electron chi connectivity index (χ4n) is 4.32. The topological polar surface area (TPSA) is 113 Å². The monoisotopic (exact) mass is 471 g/mol. The van der Waals surface area contributed by atoms with Crippen LogP contribution < -0.4 is 0 Å². The van der Waals surface area contributed by atoms with Gasteiger partial charge in [-0.1, -0.05) is 44.2 Å². The van der Waals surface area contributed by atoms with E-state index in [4.69, 9.17) is 9.47 Å². The Morgan fingerprint density at radius 1 is 1.26 bits per heavy atom. The van der Waals surface area contributed by atoms with Crippen LogP contribution in [0.5, 0.6) is 0 Å². The number of nitrogens with zero attached hydrogens (tertiary/aromatic N) is 1. The Labute approximate surface area is 199 Å². The lowest BCUT2D eigenvalue weighted by Crippen LogP contribution is -2.44. The summed E-state index contributed by atoms with van der Waals surface area (Å²) in [5.74, 6) is -3.32. The van der Waals surface area contributed by atoms with E-state index in [1.165, 1.54) is 19.1 Å². The first-order valence-corrected chi connectivity index (χ1v) is 11.5. The number of aliphatic hydroxyl groups is 1. The summed E-state index contributed by atoms with van der Waals surface area (Å²) in [5, 5.41) is 22.6. The van der Waals surface area contributed by atoms with E-state index in [0.29, 0.717) is 5.57 Å². The van der Waals surface area contributed by atoms with Crippen molar-refractivity contribution in [3.63, 3.8) is 0 Å². The molecule has 0 amide bonds. The van der Waals surface area contributed by atoms with Gasteiger partial charge in [0.2, 0.25) is 0 Å². The minimum absolute atomic E-state index is 0.0411. The first kappa shape index (κ1) is 25.8. The molecule has 8 nitrogen and oxygen atoms in total. The van der Waals surface area contributed by atoms with Crippen molar-refractivity contribution in [3.05, 3.63) is 59.7 Å². The highest BCUT2D eigenvalue weighted by molar-refractivity contribution is 6.03. The lowest BCUT2D eigenvalue weighted by molar-refractivity contribution is -0.163. The van der Waals surface area contributed by atoms with Gasteiger partial charge in [-0.25, -0.2) is 0 Å². The van der Waals surface area contributed by atoms with Crippen LogP contribution in [0.1, 0.15) is 39.7 Å². The largest absolute Gasteiger partial charge is 0.462 e. The van der Waals surface area contributed by atoms with Gasteiger partial charge in [0.25, 0.3) is 0 Å². The highest BCUT2D eigenvalue weighted by Gasteiger charge is 2.51. The zero-order valence-corrected chi connectivity index (χ0v) is 20.0. The zero-order valence-electron chi connectivity index (χ0n) is 20.0. The molecule has 1 saturated heterocycles. The molecule has 5 atom stereocenters. The maximum absolute atomic E-state index is 12.9. The van der Waals surface area contributed by atoms with Crippen LogP contribution in [0.2, 0.25) is 0 Å². The molecule has 0 radical (unpaired) electrons. The maximum Gasteiger partial charge on any atom is 0.311 e. The van der Waals surface area contributed by atoms with Gasteiger partial charge < -0.3 is 19.8 Å². The summed E-state index contributed by atoms with van der Waals surface area (Å²) in [6, 6.07) is 9.29. The minimum atomic E-state index is -1.47. The van der Waals surface area contributed by atoms with E-state index >= 15 is 0 Å². The number of allylic oxidation sites excluding steroid dienone is 2. The number of hydrogen-bond acceptors (Lipinski definition) is 8. The van der Waals surface area contributed by atoms with Crippen molar-refractivity contribution < 1.29 is 34.2 Å². The summed E-state index contributed by atoms with van der Waals surface area (Å²) in [7, 11) is 0. The third-order valence-electron chi connectivity index (χ3n) is 6.19. The van der Waals surface area contributed by atoms with E-state index in [-0.39, 0.29) is 25.3 Å². The Kier molecular flexibility index (Phi) is 8.07. The van der Waals surface area contributed by atoms with Crippen LogP contribution in [0.4, 0.5) is 0 Å². The van der Waals surface area contributed by atoms with Crippen molar-refractivity contribution in [3.8, 4) is 0 Å². The van der Waals surface area contributed by atoms with Crippen LogP contribution in [-0.2, 0) is 30.4 Å². The number of benzene rings is 1. The molecule has 1 aliphatic carbocycles. The van der Waals surface area contributed by atoms with Gasteiger partial charge >= 0.3 is 11.9 Å². The molecule has 0 saturated carbocycles. The molecule has 1 aromatic rings. The summed E-state index contributed by atoms with van der Waals surface area (Å²) in [6.07, 6.45) is 2.43. The smallest absolute Gasteiger partial charge is 0.311 e. The number of fused-ring (bicyclic) bond motifs is 1. The van der Waals surface area contributed by atoms with Gasteiger partial charge in [0.15, 0.2) is 5.78 Å². The Morgan fingerprint density at radius 3 is 2.59 bits per heavy atom. The quantitative estimate of drug-likeness (QED) is 0.481. The van der Waals surface area contributed by atoms with Crippen LogP contribution in [0, 0.1) is 17.8 Å². The number of hydrogen-bond donors (Lipinski definition) is 2. The van der Waals surface area contributed by atoms with Crippen molar-refractivity contribution in [2.45, 2.75) is 58.5 Å². The molecular weight excluding hydrogens is 438 g/mol. The number of carbonyl (C=O) groups excluding carboxylic acids is 3. The standard InChI is InChI=1S/C26H33NO7/c1-16(2)24(29)34-22-13-26(4,31)11-10-20(28)17(3)12-21-23(22)19(25(30)33-21)15-27(32)14-18-8-6-5-7-9-18/h5-12,16,19,21-23,31-32H,13-15H2,1-4H3/b11-10+,17-12-/t19?,21-,22-,23+,26+/m1/s1. The molecular formula is C26H33NO7. The maximum atomic E-state index is 12.9. The minimum Gasteiger partial charge on any atom is -0.462 e. The average Bonchev–Trinajstić information content (AvgIpc) is 3.05. The fourth-order valence-corrected chi connectivity index (χ4v) is 4.32. The van der Waals surface area contributed by atoms with E-state index < -0.39 is 47.5 Å². The predicted molar refractivity (Wildman–Crippen MR) is 123 cm³/mol. The zero-order chi connectivity index (χ0) is 25.0. The van der Waals surface area contributed by atoms with Crippen molar-refractivity contribution in [2.75, 3.05) is 6.54 Å². The van der Waals surface area contributed by atoms with Gasteiger partial charge in [0.1, 0.15) is 12.2 Å². The Morgan fingerprint density at radius 2 is 1.94 bits per heavy atom. The molecule has 0 aromatic heterocycles. The Balaban J connectivity index is 1.96. The second-order valence-electron chi connectivity index (χ2n) is 9.66. The van der Waals surface area contributed by atoms with Crippen molar-refractivity contribution in [2.24, 2.45) is 17.8 Å². The van der Waals surface area contributed by atoms with Crippen molar-refractivity contribution >= 4 is 17.7 Å². The van der Waals surface area contributed by atoms with Gasteiger partial charge in [0, 0.05) is 19.5 Å². The van der Waals surface area contributed by atoms with Crippen LogP contribution in [0.25, 0.3) is 0 Å². The third kappa shape index (κ3) is 6.40. The molecule has 3 rings (SSSR count). The molecule has 8 heteroatoms. The predicted octanol–water partition coefficient (Wildman–Crippen LogP) is 2.83. The SMILES string of the molecule is C/C1=C/[C@H]2OC(=O)C(CN(O)Cc3ccccc3)[C@@H]2[C@H](OC(=O)C(C)C)C[C@@](C)(O)/C=C/C1=O. The molecule has 34 heavy (non-hydrogen) atoms. The number of rotatable bonds is 6. The van der Waals surface area contributed by atoms with E-state index in [1.807, 2.05) is 30.3 Å². The van der Waals surface area contributed by atoms with Crippen molar-refractivity contribution in [1.82, 2.24) is 5.06 Å². The van der Waals surface area contributed by atoms with E-state index in [1.54, 1.807) is 26.8 Å². The van der Waals surface area contributed by atoms with Crippen LogP contribution in [0.15, 0.2) is 54.1 Å². The lowest BCUT2D eigenvalue weighted by Gasteiger charge is -2.34. The van der Waals surface area contributed by atoms with E-state index in [2.05, 4.69) is 0 Å². The van der Waals surface area contributed by atoms with E-state index in [9.17, 15) is 24.7 Å². The van der Waals surface area contributed by atoms with Gasteiger partial charge in [-0.2, -0.15) is 5.06 Å². The molecule has 184 valence electrons. The summed E-state index contributed by atoms with van der Waals surface area (Å²) in [5.41, 5.74) is -0.272. The Bertz CT molecular complexity index is 967. The van der Waals surface area contributed by atoms with Crippen LogP contribution in [-0.4, -0.2) is 57.5 Å². The van der Waals surface area contributed by atoms with Gasteiger partial charge in [0.05, 0.1) is 23.4 Å². The number of carbonyl (C=O) groups is 3. The molecule has 0 spiro atoms. The van der Waals surface area contributed by atoms with Gasteiger partial charge in [-0.05, 0) is 43.2 Å². The van der Waals surface area contributed by atoms with Gasteiger partial charge in [-0.3, -0.25) is 14.4 Å². The average molecular weight is 472 g/mol. The summed E-state index contributed by atoms with van der Waals surface area (Å²) < 4.78 is 11.4. The molecule has 2 aliphatic rings. The van der Waals surface area contributed by atoms with Crippen LogP contribution in [0.3, 0.4) is 0 Å². The van der Waals surface area contributed by atoms with Crippen LogP contribution >= 0.6 is 0 Å². The number of ether oxygens (including phenoxy) is 2. The molecule has 1 fully saturated rings. The third-order valence-corrected chi connectivity index (χ3v) is 6.19. The van der Waals surface area contributed by atoms with Gasteiger partial charge in [-0.15, -0.1) is 0 Å². The molecule has 1 aromatic carbocycles. The first-order valence-electron chi connectivity index (χ1n) is 11.5.